The molecular formula is C15H22N2S. The van der Waals surface area contributed by atoms with E-state index in [1.165, 1.54) is 16.5 Å². The van der Waals surface area contributed by atoms with Crippen LogP contribution in [0.1, 0.15) is 12.0 Å². The maximum Gasteiger partial charge on any atom is 0.0480 e. The van der Waals surface area contributed by atoms with Crippen molar-refractivity contribution >= 4 is 23.5 Å². The molecular weight excluding hydrogens is 240 g/mol. The van der Waals surface area contributed by atoms with Gasteiger partial charge in [0, 0.05) is 30.7 Å². The SMILES string of the molecule is CN(CCCS)CCc1cn(C)c2ccccc12. The van der Waals surface area contributed by atoms with Crippen molar-refractivity contribution in [2.24, 2.45) is 7.05 Å². The Morgan fingerprint density at radius 1 is 1.22 bits per heavy atom. The van der Waals surface area contributed by atoms with Crippen molar-refractivity contribution < 1.29 is 0 Å². The molecule has 1 heterocycles. The maximum absolute atomic E-state index is 4.25. The Morgan fingerprint density at radius 2 is 2.00 bits per heavy atom. The number of aromatic nitrogens is 1. The Bertz CT molecular complexity index is 504. The zero-order chi connectivity index (χ0) is 13.0. The van der Waals surface area contributed by atoms with Crippen molar-refractivity contribution in [3.8, 4) is 0 Å². The number of para-hydroxylation sites is 1. The lowest BCUT2D eigenvalue weighted by molar-refractivity contribution is 0.340. The minimum absolute atomic E-state index is 0.971. The first-order chi connectivity index (χ1) is 8.72. The molecule has 1 aromatic heterocycles. The summed E-state index contributed by atoms with van der Waals surface area (Å²) in [5, 5.41) is 1.39. The molecule has 3 heteroatoms. The Hall–Kier alpha value is -0.930. The van der Waals surface area contributed by atoms with E-state index in [-0.39, 0.29) is 0 Å². The molecule has 0 saturated heterocycles. The average molecular weight is 262 g/mol. The monoisotopic (exact) mass is 262 g/mol. The van der Waals surface area contributed by atoms with Gasteiger partial charge in [0.1, 0.15) is 0 Å². The minimum atomic E-state index is 0.971. The van der Waals surface area contributed by atoms with Gasteiger partial charge in [-0.1, -0.05) is 18.2 Å². The molecule has 0 aliphatic heterocycles. The number of hydrogen-bond acceptors (Lipinski definition) is 2. The molecule has 0 bridgehead atoms. The third-order valence-electron chi connectivity index (χ3n) is 3.44. The molecule has 0 aliphatic carbocycles. The molecule has 2 aromatic rings. The molecule has 0 unspecified atom stereocenters. The Morgan fingerprint density at radius 3 is 2.78 bits per heavy atom. The molecule has 0 spiro atoms. The van der Waals surface area contributed by atoms with E-state index in [0.29, 0.717) is 0 Å². The molecule has 0 saturated carbocycles. The second-order valence-electron chi connectivity index (χ2n) is 4.91. The second kappa shape index (κ2) is 6.30. The zero-order valence-corrected chi connectivity index (χ0v) is 12.2. The second-order valence-corrected chi connectivity index (χ2v) is 5.36. The molecule has 2 rings (SSSR count). The highest BCUT2D eigenvalue weighted by Gasteiger charge is 2.06. The minimum Gasteiger partial charge on any atom is -0.350 e. The van der Waals surface area contributed by atoms with E-state index >= 15 is 0 Å². The van der Waals surface area contributed by atoms with Crippen LogP contribution in [0.25, 0.3) is 10.9 Å². The predicted octanol–water partition coefficient (Wildman–Crippen LogP) is 2.97. The summed E-state index contributed by atoms with van der Waals surface area (Å²) in [6, 6.07) is 8.63. The summed E-state index contributed by atoms with van der Waals surface area (Å²) >= 11 is 4.25. The number of rotatable bonds is 6. The van der Waals surface area contributed by atoms with Crippen LogP contribution in [-0.4, -0.2) is 35.4 Å². The van der Waals surface area contributed by atoms with E-state index in [4.69, 9.17) is 0 Å². The van der Waals surface area contributed by atoms with Crippen LogP contribution in [0.2, 0.25) is 0 Å². The number of nitrogens with zero attached hydrogens (tertiary/aromatic N) is 2. The number of aryl methyl sites for hydroxylation is 1. The lowest BCUT2D eigenvalue weighted by Crippen LogP contribution is -2.22. The Balaban J connectivity index is 2.03. The largest absolute Gasteiger partial charge is 0.350 e. The topological polar surface area (TPSA) is 8.17 Å². The molecule has 0 fully saturated rings. The van der Waals surface area contributed by atoms with Crippen molar-refractivity contribution in [1.29, 1.82) is 0 Å². The van der Waals surface area contributed by atoms with Crippen molar-refractivity contribution in [3.63, 3.8) is 0 Å². The summed E-state index contributed by atoms with van der Waals surface area (Å²) in [7, 11) is 4.31. The molecule has 98 valence electrons. The highest BCUT2D eigenvalue weighted by molar-refractivity contribution is 7.80. The van der Waals surface area contributed by atoms with Crippen LogP contribution in [-0.2, 0) is 13.5 Å². The van der Waals surface area contributed by atoms with Gasteiger partial charge >= 0.3 is 0 Å². The van der Waals surface area contributed by atoms with Gasteiger partial charge in [0.05, 0.1) is 0 Å². The van der Waals surface area contributed by atoms with Gasteiger partial charge in [-0.2, -0.15) is 12.6 Å². The third kappa shape index (κ3) is 3.09. The number of likely N-dealkylation sites (N-methyl/N-ethyl adjacent to an activating group) is 1. The maximum atomic E-state index is 4.25. The van der Waals surface area contributed by atoms with Crippen LogP contribution in [0.3, 0.4) is 0 Å². The fraction of sp³-hybridized carbons (Fsp3) is 0.467. The van der Waals surface area contributed by atoms with E-state index in [0.717, 1.165) is 31.7 Å². The third-order valence-corrected chi connectivity index (χ3v) is 3.76. The van der Waals surface area contributed by atoms with Crippen molar-refractivity contribution in [2.45, 2.75) is 12.8 Å². The zero-order valence-electron chi connectivity index (χ0n) is 11.3. The fourth-order valence-corrected chi connectivity index (χ4v) is 2.53. The molecule has 0 atom stereocenters. The van der Waals surface area contributed by atoms with Gasteiger partial charge in [-0.25, -0.2) is 0 Å². The van der Waals surface area contributed by atoms with Crippen LogP contribution >= 0.6 is 12.6 Å². The van der Waals surface area contributed by atoms with E-state index in [2.05, 4.69) is 66.7 Å². The molecule has 0 radical (unpaired) electrons. The summed E-state index contributed by atoms with van der Waals surface area (Å²) in [5.74, 6) is 0.971. The van der Waals surface area contributed by atoms with Gasteiger partial charge < -0.3 is 9.47 Å². The van der Waals surface area contributed by atoms with Gasteiger partial charge in [-0.05, 0) is 43.8 Å². The molecule has 2 nitrogen and oxygen atoms in total. The van der Waals surface area contributed by atoms with E-state index in [9.17, 15) is 0 Å². The lowest BCUT2D eigenvalue weighted by Gasteiger charge is -2.15. The van der Waals surface area contributed by atoms with Crippen LogP contribution in [0.4, 0.5) is 0 Å². The van der Waals surface area contributed by atoms with Crippen LogP contribution in [0.15, 0.2) is 30.5 Å². The number of fused-ring (bicyclic) bond motifs is 1. The van der Waals surface area contributed by atoms with Crippen molar-refractivity contribution in [1.82, 2.24) is 9.47 Å². The summed E-state index contributed by atoms with van der Waals surface area (Å²) in [4.78, 5) is 2.39. The first-order valence-electron chi connectivity index (χ1n) is 6.54. The lowest BCUT2D eigenvalue weighted by atomic mass is 10.1. The number of benzene rings is 1. The number of hydrogen-bond donors (Lipinski definition) is 1. The van der Waals surface area contributed by atoms with Crippen LogP contribution in [0.5, 0.6) is 0 Å². The number of thiol groups is 1. The highest BCUT2D eigenvalue weighted by Crippen LogP contribution is 2.20. The van der Waals surface area contributed by atoms with Crippen molar-refractivity contribution in [3.05, 3.63) is 36.0 Å². The molecule has 0 amide bonds. The van der Waals surface area contributed by atoms with Gasteiger partial charge in [0.15, 0.2) is 0 Å². The predicted molar refractivity (Wildman–Crippen MR) is 82.6 cm³/mol. The summed E-state index contributed by atoms with van der Waals surface area (Å²) in [5.41, 5.74) is 2.77. The Labute approximate surface area is 115 Å². The smallest absolute Gasteiger partial charge is 0.0480 e. The van der Waals surface area contributed by atoms with Crippen molar-refractivity contribution in [2.75, 3.05) is 25.9 Å². The average Bonchev–Trinajstić information content (AvgIpc) is 2.71. The molecule has 0 aliphatic rings. The van der Waals surface area contributed by atoms with Gasteiger partial charge in [0.25, 0.3) is 0 Å². The molecule has 1 aromatic carbocycles. The van der Waals surface area contributed by atoms with E-state index in [1.54, 1.807) is 0 Å². The fourth-order valence-electron chi connectivity index (χ4n) is 2.39. The molecule has 18 heavy (non-hydrogen) atoms. The summed E-state index contributed by atoms with van der Waals surface area (Å²) in [6.07, 6.45) is 4.54. The summed E-state index contributed by atoms with van der Waals surface area (Å²) in [6.45, 7) is 2.25. The van der Waals surface area contributed by atoms with E-state index < -0.39 is 0 Å². The first kappa shape index (κ1) is 13.5. The first-order valence-corrected chi connectivity index (χ1v) is 7.18. The quantitative estimate of drug-likeness (QED) is 0.787. The van der Waals surface area contributed by atoms with Gasteiger partial charge in [-0.3, -0.25) is 0 Å². The molecule has 0 N–H and O–H groups in total. The van der Waals surface area contributed by atoms with E-state index in [1.807, 2.05) is 0 Å². The highest BCUT2D eigenvalue weighted by atomic mass is 32.1. The standard InChI is InChI=1S/C15H22N2S/c1-16(9-5-11-18)10-8-13-12-17(2)15-7-4-3-6-14(13)15/h3-4,6-7,12,18H,5,8-11H2,1-2H3. The Kier molecular flexibility index (Phi) is 4.72. The van der Waals surface area contributed by atoms with Crippen LogP contribution < -0.4 is 0 Å². The normalized spacial score (nSPS) is 11.6. The summed E-state index contributed by atoms with van der Waals surface area (Å²) < 4.78 is 2.22. The van der Waals surface area contributed by atoms with Gasteiger partial charge in [-0.15, -0.1) is 0 Å². The van der Waals surface area contributed by atoms with Crippen LogP contribution in [0, 0.1) is 0 Å². The van der Waals surface area contributed by atoms with Gasteiger partial charge in [0.2, 0.25) is 0 Å².